The number of aryl methyl sites for hydroxylation is 2. The Morgan fingerprint density at radius 3 is 2.90 bits per heavy atom. The SMILES string of the molecule is CC(C(=O)O)c1ccc2c(c1)CCc1cccnc1S2. The number of hydrogen-bond donors (Lipinski definition) is 1. The molecule has 0 radical (unpaired) electrons. The van der Waals surface area contributed by atoms with E-state index in [9.17, 15) is 4.79 Å². The largest absolute Gasteiger partial charge is 0.481 e. The van der Waals surface area contributed by atoms with E-state index in [1.807, 2.05) is 30.5 Å². The Morgan fingerprint density at radius 2 is 2.10 bits per heavy atom. The molecular weight excluding hydrogens is 270 g/mol. The number of carbonyl (C=O) groups is 1. The first-order chi connectivity index (χ1) is 9.65. The van der Waals surface area contributed by atoms with E-state index in [-0.39, 0.29) is 0 Å². The minimum atomic E-state index is -0.781. The van der Waals surface area contributed by atoms with E-state index in [4.69, 9.17) is 5.11 Å². The van der Waals surface area contributed by atoms with Crippen LogP contribution < -0.4 is 0 Å². The first kappa shape index (κ1) is 13.2. The number of carboxylic acid groups (broad SMARTS) is 1. The van der Waals surface area contributed by atoms with Gasteiger partial charge in [0.2, 0.25) is 0 Å². The second kappa shape index (κ2) is 5.29. The molecule has 1 aromatic carbocycles. The van der Waals surface area contributed by atoms with Crippen molar-refractivity contribution in [3.63, 3.8) is 0 Å². The molecule has 0 saturated carbocycles. The molecule has 1 atom stereocenters. The van der Waals surface area contributed by atoms with Crippen molar-refractivity contribution in [2.75, 3.05) is 0 Å². The van der Waals surface area contributed by atoms with Gasteiger partial charge in [-0.3, -0.25) is 4.79 Å². The summed E-state index contributed by atoms with van der Waals surface area (Å²) in [5.74, 6) is -1.25. The molecule has 4 heteroatoms. The van der Waals surface area contributed by atoms with E-state index >= 15 is 0 Å². The Hall–Kier alpha value is -1.81. The minimum Gasteiger partial charge on any atom is -0.481 e. The summed E-state index contributed by atoms with van der Waals surface area (Å²) in [6, 6.07) is 10.1. The number of carboxylic acids is 1. The third-order valence-electron chi connectivity index (χ3n) is 3.68. The number of rotatable bonds is 2. The summed E-state index contributed by atoms with van der Waals surface area (Å²) < 4.78 is 0. The van der Waals surface area contributed by atoms with Gasteiger partial charge < -0.3 is 5.11 Å². The highest BCUT2D eigenvalue weighted by Gasteiger charge is 2.18. The predicted molar refractivity (Wildman–Crippen MR) is 78.3 cm³/mol. The van der Waals surface area contributed by atoms with Crippen molar-refractivity contribution in [1.82, 2.24) is 4.98 Å². The lowest BCUT2D eigenvalue weighted by Crippen LogP contribution is -2.08. The lowest BCUT2D eigenvalue weighted by molar-refractivity contribution is -0.138. The zero-order chi connectivity index (χ0) is 14.1. The highest BCUT2D eigenvalue weighted by atomic mass is 32.2. The molecule has 20 heavy (non-hydrogen) atoms. The molecule has 0 saturated heterocycles. The van der Waals surface area contributed by atoms with Crippen molar-refractivity contribution < 1.29 is 9.90 Å². The van der Waals surface area contributed by atoms with Crippen molar-refractivity contribution in [3.05, 3.63) is 53.2 Å². The van der Waals surface area contributed by atoms with Gasteiger partial charge in [0.25, 0.3) is 0 Å². The Morgan fingerprint density at radius 1 is 1.30 bits per heavy atom. The first-order valence-electron chi connectivity index (χ1n) is 6.62. The van der Waals surface area contributed by atoms with Gasteiger partial charge in [-0.25, -0.2) is 4.98 Å². The predicted octanol–water partition coefficient (Wildman–Crippen LogP) is 3.52. The summed E-state index contributed by atoms with van der Waals surface area (Å²) >= 11 is 1.67. The fraction of sp³-hybridized carbons (Fsp3) is 0.250. The molecule has 2 aromatic rings. The molecule has 1 aliphatic heterocycles. The topological polar surface area (TPSA) is 50.2 Å². The Labute approximate surface area is 122 Å². The van der Waals surface area contributed by atoms with Crippen molar-refractivity contribution in [2.45, 2.75) is 35.6 Å². The van der Waals surface area contributed by atoms with Crippen LogP contribution in [0.5, 0.6) is 0 Å². The summed E-state index contributed by atoms with van der Waals surface area (Å²) in [4.78, 5) is 16.7. The maximum absolute atomic E-state index is 11.1. The van der Waals surface area contributed by atoms with Crippen molar-refractivity contribution in [1.29, 1.82) is 0 Å². The van der Waals surface area contributed by atoms with Gasteiger partial charge in [0, 0.05) is 11.1 Å². The smallest absolute Gasteiger partial charge is 0.310 e. The standard InChI is InChI=1S/C16H15NO2S/c1-10(16(18)19)12-6-7-14-13(9-12)5-4-11-3-2-8-17-15(11)20-14/h2-3,6-10H,4-5H2,1H3,(H,18,19). The zero-order valence-corrected chi connectivity index (χ0v) is 12.0. The fourth-order valence-electron chi connectivity index (χ4n) is 2.39. The van der Waals surface area contributed by atoms with Crippen molar-refractivity contribution >= 4 is 17.7 Å². The van der Waals surface area contributed by atoms with Crippen LogP contribution >= 0.6 is 11.8 Å². The molecule has 0 spiro atoms. The average Bonchev–Trinajstić information content (AvgIpc) is 2.64. The van der Waals surface area contributed by atoms with Crippen LogP contribution in [0.4, 0.5) is 0 Å². The van der Waals surface area contributed by atoms with Crippen LogP contribution in [-0.2, 0) is 17.6 Å². The highest BCUT2D eigenvalue weighted by Crippen LogP contribution is 2.36. The van der Waals surface area contributed by atoms with Crippen LogP contribution in [0.15, 0.2) is 46.5 Å². The summed E-state index contributed by atoms with van der Waals surface area (Å²) in [6.45, 7) is 1.73. The van der Waals surface area contributed by atoms with Crippen LogP contribution in [-0.4, -0.2) is 16.1 Å². The molecule has 2 heterocycles. The molecular formula is C16H15NO2S. The zero-order valence-electron chi connectivity index (χ0n) is 11.2. The monoisotopic (exact) mass is 285 g/mol. The third kappa shape index (κ3) is 2.43. The van der Waals surface area contributed by atoms with E-state index < -0.39 is 11.9 Å². The summed E-state index contributed by atoms with van der Waals surface area (Å²) in [6.07, 6.45) is 3.70. The van der Waals surface area contributed by atoms with E-state index in [1.165, 1.54) is 16.0 Å². The van der Waals surface area contributed by atoms with Crippen molar-refractivity contribution in [2.24, 2.45) is 0 Å². The van der Waals surface area contributed by atoms with E-state index in [0.717, 1.165) is 23.4 Å². The Balaban J connectivity index is 1.97. The van der Waals surface area contributed by atoms with Gasteiger partial charge in [0.1, 0.15) is 5.03 Å². The number of nitrogens with zero attached hydrogens (tertiary/aromatic N) is 1. The maximum Gasteiger partial charge on any atom is 0.310 e. The molecule has 1 unspecified atom stereocenters. The van der Waals surface area contributed by atoms with Gasteiger partial charge in [-0.05, 0) is 48.6 Å². The number of aromatic nitrogens is 1. The Kier molecular flexibility index (Phi) is 3.49. The molecule has 0 bridgehead atoms. The van der Waals surface area contributed by atoms with Gasteiger partial charge in [-0.15, -0.1) is 0 Å². The fourth-order valence-corrected chi connectivity index (χ4v) is 3.44. The molecule has 102 valence electrons. The summed E-state index contributed by atoms with van der Waals surface area (Å²) in [5.41, 5.74) is 3.36. The maximum atomic E-state index is 11.1. The number of fused-ring (bicyclic) bond motifs is 2. The first-order valence-corrected chi connectivity index (χ1v) is 7.44. The number of benzene rings is 1. The van der Waals surface area contributed by atoms with Gasteiger partial charge in [0.05, 0.1) is 5.92 Å². The second-order valence-corrected chi connectivity index (χ2v) is 6.03. The third-order valence-corrected chi connectivity index (χ3v) is 4.85. The summed E-state index contributed by atoms with van der Waals surface area (Å²) in [7, 11) is 0. The second-order valence-electron chi connectivity index (χ2n) is 5.00. The van der Waals surface area contributed by atoms with Crippen LogP contribution in [0.3, 0.4) is 0 Å². The average molecular weight is 285 g/mol. The van der Waals surface area contributed by atoms with Crippen LogP contribution in [0.2, 0.25) is 0 Å². The quantitative estimate of drug-likeness (QED) is 0.917. The summed E-state index contributed by atoms with van der Waals surface area (Å²) in [5, 5.41) is 10.2. The molecule has 1 aromatic heterocycles. The Bertz CT molecular complexity index is 669. The van der Waals surface area contributed by atoms with Gasteiger partial charge in [0.15, 0.2) is 0 Å². The van der Waals surface area contributed by atoms with E-state index in [1.54, 1.807) is 18.7 Å². The number of hydrogen-bond acceptors (Lipinski definition) is 3. The molecule has 3 nitrogen and oxygen atoms in total. The molecule has 1 aliphatic rings. The molecule has 3 rings (SSSR count). The molecule has 1 N–H and O–H groups in total. The number of aliphatic carboxylic acids is 1. The molecule has 0 amide bonds. The number of pyridine rings is 1. The van der Waals surface area contributed by atoms with Crippen molar-refractivity contribution in [3.8, 4) is 0 Å². The van der Waals surface area contributed by atoms with Crippen LogP contribution in [0, 0.1) is 0 Å². The van der Waals surface area contributed by atoms with E-state index in [0.29, 0.717) is 0 Å². The van der Waals surface area contributed by atoms with Gasteiger partial charge in [-0.2, -0.15) is 0 Å². The van der Waals surface area contributed by atoms with Gasteiger partial charge in [-0.1, -0.05) is 30.0 Å². The highest BCUT2D eigenvalue weighted by molar-refractivity contribution is 7.99. The molecule has 0 aliphatic carbocycles. The molecule has 0 fully saturated rings. The van der Waals surface area contributed by atoms with Crippen LogP contribution in [0.25, 0.3) is 0 Å². The van der Waals surface area contributed by atoms with E-state index in [2.05, 4.69) is 11.1 Å². The van der Waals surface area contributed by atoms with Crippen LogP contribution in [0.1, 0.15) is 29.5 Å². The lowest BCUT2D eigenvalue weighted by atomic mass is 9.97. The normalized spacial score (nSPS) is 14.8. The van der Waals surface area contributed by atoms with Gasteiger partial charge >= 0.3 is 5.97 Å². The minimum absolute atomic E-state index is 0.464. The lowest BCUT2D eigenvalue weighted by Gasteiger charge is -2.11.